The molecule has 1 saturated heterocycles. The van der Waals surface area contributed by atoms with E-state index in [4.69, 9.17) is 9.05 Å². The van der Waals surface area contributed by atoms with Crippen LogP contribution < -0.4 is 0 Å². The van der Waals surface area contributed by atoms with Crippen molar-refractivity contribution in [3.8, 4) is 11.3 Å². The fourth-order valence-corrected chi connectivity index (χ4v) is 3.53. The Morgan fingerprint density at radius 3 is 2.81 bits per heavy atom. The highest BCUT2D eigenvalue weighted by Crippen LogP contribution is 2.27. The zero-order valence-corrected chi connectivity index (χ0v) is 14.8. The number of β-amino-alcohol motifs (C(OH)–C–C–N with tert-alkyl or cyclic N) is 1. The topological polar surface area (TPSA) is 88.4 Å². The van der Waals surface area contributed by atoms with Crippen molar-refractivity contribution >= 4 is 0 Å². The van der Waals surface area contributed by atoms with Crippen LogP contribution in [0, 0.1) is 6.92 Å². The van der Waals surface area contributed by atoms with Crippen LogP contribution in [-0.4, -0.2) is 44.0 Å². The molecule has 0 aliphatic carbocycles. The first kappa shape index (κ1) is 16.9. The van der Waals surface area contributed by atoms with Crippen molar-refractivity contribution in [1.82, 2.24) is 20.2 Å². The molecule has 3 heterocycles. The Morgan fingerprint density at radius 1 is 1.19 bits per heavy atom. The molecule has 1 unspecified atom stereocenters. The van der Waals surface area contributed by atoms with Gasteiger partial charge < -0.3 is 14.2 Å². The third kappa shape index (κ3) is 3.84. The number of hydrogen-bond acceptors (Lipinski definition) is 7. The average molecular weight is 354 g/mol. The molecule has 3 aromatic rings. The van der Waals surface area contributed by atoms with E-state index >= 15 is 0 Å². The van der Waals surface area contributed by atoms with Crippen LogP contribution in [0.2, 0.25) is 0 Å². The molecule has 1 fully saturated rings. The van der Waals surface area contributed by atoms with Crippen molar-refractivity contribution in [2.45, 2.75) is 38.3 Å². The van der Waals surface area contributed by atoms with Gasteiger partial charge in [0.15, 0.2) is 11.6 Å². The van der Waals surface area contributed by atoms with Crippen molar-refractivity contribution in [3.05, 3.63) is 53.8 Å². The Bertz CT molecular complexity index is 861. The van der Waals surface area contributed by atoms with Gasteiger partial charge in [-0.3, -0.25) is 4.90 Å². The number of rotatable bonds is 5. The third-order valence-corrected chi connectivity index (χ3v) is 4.69. The van der Waals surface area contributed by atoms with Crippen LogP contribution in [0.1, 0.15) is 30.3 Å². The summed E-state index contributed by atoms with van der Waals surface area (Å²) in [4.78, 5) is 6.41. The minimum Gasteiger partial charge on any atom is -0.388 e. The van der Waals surface area contributed by atoms with Crippen molar-refractivity contribution in [1.29, 1.82) is 0 Å². The van der Waals surface area contributed by atoms with E-state index in [0.29, 0.717) is 31.2 Å². The maximum absolute atomic E-state index is 11.0. The number of aromatic nitrogens is 3. The van der Waals surface area contributed by atoms with Crippen LogP contribution in [0.15, 0.2) is 45.4 Å². The molecule has 0 amide bonds. The number of aryl methyl sites for hydroxylation is 1. The summed E-state index contributed by atoms with van der Waals surface area (Å²) in [6.07, 6.45) is 2.00. The fraction of sp³-hybridized carbons (Fsp3) is 0.421. The summed E-state index contributed by atoms with van der Waals surface area (Å²) in [5.74, 6) is 1.83. The second-order valence-corrected chi connectivity index (χ2v) is 7.00. The maximum Gasteiger partial charge on any atom is 0.229 e. The number of nitrogens with zero attached hydrogens (tertiary/aromatic N) is 4. The van der Waals surface area contributed by atoms with Gasteiger partial charge in [0.2, 0.25) is 5.89 Å². The van der Waals surface area contributed by atoms with Crippen LogP contribution in [0.5, 0.6) is 0 Å². The molecule has 0 radical (unpaired) electrons. The van der Waals surface area contributed by atoms with Crippen LogP contribution in [0.4, 0.5) is 0 Å². The summed E-state index contributed by atoms with van der Waals surface area (Å²) in [5, 5.41) is 18.9. The molecule has 4 rings (SSSR count). The normalized spacial score (nSPS) is 21.2. The summed E-state index contributed by atoms with van der Waals surface area (Å²) in [6.45, 7) is 3.88. The smallest absolute Gasteiger partial charge is 0.229 e. The standard InChI is InChI=1S/C19H22N4O3/c1-14-20-18(26-21-14)11-19(24)8-5-9-23(13-19)12-16-10-17(25-22-16)15-6-3-2-4-7-15/h2-4,6-7,10,24H,5,8-9,11-13H2,1H3. The molecular formula is C19H22N4O3. The van der Waals surface area contributed by atoms with Gasteiger partial charge in [-0.2, -0.15) is 4.98 Å². The molecule has 0 spiro atoms. The van der Waals surface area contributed by atoms with Gasteiger partial charge in [-0.1, -0.05) is 40.6 Å². The third-order valence-electron chi connectivity index (χ3n) is 4.69. The lowest BCUT2D eigenvalue weighted by atomic mass is 9.89. The summed E-state index contributed by atoms with van der Waals surface area (Å²) in [6, 6.07) is 11.9. The van der Waals surface area contributed by atoms with E-state index < -0.39 is 5.60 Å². The largest absolute Gasteiger partial charge is 0.388 e. The van der Waals surface area contributed by atoms with Gasteiger partial charge in [0.05, 0.1) is 17.7 Å². The zero-order chi connectivity index (χ0) is 18.0. The summed E-state index contributed by atoms with van der Waals surface area (Å²) in [5.41, 5.74) is 1.01. The van der Waals surface area contributed by atoms with Crippen LogP contribution in [0.3, 0.4) is 0 Å². The molecule has 0 saturated carbocycles. The van der Waals surface area contributed by atoms with E-state index in [1.807, 2.05) is 36.4 Å². The molecule has 1 aliphatic heterocycles. The molecular weight excluding hydrogens is 332 g/mol. The quantitative estimate of drug-likeness (QED) is 0.753. The monoisotopic (exact) mass is 354 g/mol. The Balaban J connectivity index is 1.41. The van der Waals surface area contributed by atoms with Gasteiger partial charge in [-0.05, 0) is 26.3 Å². The molecule has 0 bridgehead atoms. The van der Waals surface area contributed by atoms with E-state index in [2.05, 4.69) is 20.2 Å². The predicted octanol–water partition coefficient (Wildman–Crippen LogP) is 2.60. The first-order valence-electron chi connectivity index (χ1n) is 8.85. The van der Waals surface area contributed by atoms with Gasteiger partial charge in [0.1, 0.15) is 0 Å². The van der Waals surface area contributed by atoms with Gasteiger partial charge in [0.25, 0.3) is 0 Å². The molecule has 1 N–H and O–H groups in total. The van der Waals surface area contributed by atoms with E-state index in [9.17, 15) is 5.11 Å². The van der Waals surface area contributed by atoms with Crippen LogP contribution in [-0.2, 0) is 13.0 Å². The number of piperidine rings is 1. The Kier molecular flexibility index (Phi) is 4.57. The number of aliphatic hydroxyl groups is 1. The second-order valence-electron chi connectivity index (χ2n) is 7.00. The predicted molar refractivity (Wildman–Crippen MR) is 94.1 cm³/mol. The molecule has 1 aliphatic rings. The summed E-state index contributed by atoms with van der Waals surface area (Å²) >= 11 is 0. The lowest BCUT2D eigenvalue weighted by Gasteiger charge is -2.38. The highest BCUT2D eigenvalue weighted by Gasteiger charge is 2.35. The molecule has 26 heavy (non-hydrogen) atoms. The van der Waals surface area contributed by atoms with Crippen LogP contribution >= 0.6 is 0 Å². The lowest BCUT2D eigenvalue weighted by molar-refractivity contribution is -0.0378. The van der Waals surface area contributed by atoms with Gasteiger partial charge in [-0.15, -0.1) is 0 Å². The molecule has 1 atom stereocenters. The Labute approximate surface area is 151 Å². The highest BCUT2D eigenvalue weighted by atomic mass is 16.5. The Hall–Kier alpha value is -2.51. The first-order chi connectivity index (χ1) is 12.6. The van der Waals surface area contributed by atoms with E-state index in [0.717, 1.165) is 36.4 Å². The van der Waals surface area contributed by atoms with Gasteiger partial charge >= 0.3 is 0 Å². The first-order valence-corrected chi connectivity index (χ1v) is 8.85. The molecule has 2 aromatic heterocycles. The zero-order valence-electron chi connectivity index (χ0n) is 14.8. The molecule has 1 aromatic carbocycles. The van der Waals surface area contributed by atoms with Crippen molar-refractivity contribution < 1.29 is 14.2 Å². The summed E-state index contributed by atoms with van der Waals surface area (Å²) < 4.78 is 10.6. The van der Waals surface area contributed by atoms with E-state index in [1.54, 1.807) is 6.92 Å². The lowest BCUT2D eigenvalue weighted by Crippen LogP contribution is -2.49. The Morgan fingerprint density at radius 2 is 2.04 bits per heavy atom. The van der Waals surface area contributed by atoms with E-state index in [1.165, 1.54) is 0 Å². The van der Waals surface area contributed by atoms with Crippen molar-refractivity contribution in [2.24, 2.45) is 0 Å². The molecule has 7 heteroatoms. The minimum absolute atomic E-state index is 0.373. The van der Waals surface area contributed by atoms with E-state index in [-0.39, 0.29) is 0 Å². The average Bonchev–Trinajstić information content (AvgIpc) is 3.24. The minimum atomic E-state index is -0.858. The van der Waals surface area contributed by atoms with Crippen molar-refractivity contribution in [3.63, 3.8) is 0 Å². The summed E-state index contributed by atoms with van der Waals surface area (Å²) in [7, 11) is 0. The molecule has 7 nitrogen and oxygen atoms in total. The van der Waals surface area contributed by atoms with Crippen LogP contribution in [0.25, 0.3) is 11.3 Å². The van der Waals surface area contributed by atoms with Gasteiger partial charge in [0, 0.05) is 24.7 Å². The number of hydrogen-bond donors (Lipinski definition) is 1. The highest BCUT2D eigenvalue weighted by molar-refractivity contribution is 5.56. The second kappa shape index (κ2) is 7.01. The maximum atomic E-state index is 11.0. The fourth-order valence-electron chi connectivity index (χ4n) is 3.53. The number of benzene rings is 1. The van der Waals surface area contributed by atoms with Crippen molar-refractivity contribution in [2.75, 3.05) is 13.1 Å². The SMILES string of the molecule is Cc1noc(CC2(O)CCCN(Cc3cc(-c4ccccc4)on3)C2)n1. The number of likely N-dealkylation sites (tertiary alicyclic amines) is 1. The van der Waals surface area contributed by atoms with Gasteiger partial charge in [-0.25, -0.2) is 0 Å². The molecule has 136 valence electrons.